The van der Waals surface area contributed by atoms with Gasteiger partial charge in [-0.05, 0) is 73.1 Å². The quantitative estimate of drug-likeness (QED) is 0.439. The number of ether oxygens (including phenoxy) is 1. The molecule has 2 atom stereocenters. The number of rotatable bonds is 6. The predicted molar refractivity (Wildman–Crippen MR) is 168 cm³/mol. The van der Waals surface area contributed by atoms with Gasteiger partial charge in [0.15, 0.2) is 0 Å². The zero-order chi connectivity index (χ0) is 31.9. The van der Waals surface area contributed by atoms with Crippen LogP contribution in [0.5, 0.6) is 5.75 Å². The van der Waals surface area contributed by atoms with Crippen molar-refractivity contribution in [1.82, 2.24) is 30.2 Å². The molecule has 2 aliphatic rings. The number of aromatic nitrogens is 2. The van der Waals surface area contributed by atoms with Crippen LogP contribution in [0.4, 0.5) is 4.39 Å². The molecule has 0 saturated carbocycles. The number of carbonyl (C=O) groups is 3. The van der Waals surface area contributed by atoms with E-state index in [2.05, 4.69) is 21.8 Å². The van der Waals surface area contributed by atoms with E-state index >= 15 is 0 Å². The van der Waals surface area contributed by atoms with E-state index in [0.29, 0.717) is 58.4 Å². The van der Waals surface area contributed by atoms with Gasteiger partial charge < -0.3 is 20.3 Å². The van der Waals surface area contributed by atoms with Gasteiger partial charge in [0.1, 0.15) is 17.6 Å². The Morgan fingerprint density at radius 1 is 1.09 bits per heavy atom. The highest BCUT2D eigenvalue weighted by Gasteiger charge is 2.37. The van der Waals surface area contributed by atoms with Crippen molar-refractivity contribution in [2.24, 2.45) is 5.92 Å². The Labute approximate surface area is 263 Å². The van der Waals surface area contributed by atoms with Gasteiger partial charge in [-0.2, -0.15) is 5.10 Å². The predicted octanol–water partition coefficient (Wildman–Crippen LogP) is 3.39. The van der Waals surface area contributed by atoms with Gasteiger partial charge in [0.25, 0.3) is 5.91 Å². The minimum Gasteiger partial charge on any atom is -0.496 e. The number of nitrogens with one attached hydrogen (secondary N) is 2. The number of methoxy groups -OCH3 is 1. The lowest BCUT2D eigenvalue weighted by molar-refractivity contribution is -0.126. The number of nitrogens with zero attached hydrogens (tertiary/aromatic N) is 4. The van der Waals surface area contributed by atoms with Gasteiger partial charge in [0.2, 0.25) is 11.8 Å². The number of fused-ring (bicyclic) bond motifs is 3. The lowest BCUT2D eigenvalue weighted by atomic mass is 10.0. The molecule has 11 heteroatoms. The normalized spacial score (nSPS) is 20.5. The summed E-state index contributed by atoms with van der Waals surface area (Å²) in [4.78, 5) is 44.0. The van der Waals surface area contributed by atoms with Crippen LogP contribution in [-0.4, -0.2) is 82.7 Å². The molecule has 2 aromatic carbocycles. The zero-order valence-electron chi connectivity index (χ0n) is 26.3. The van der Waals surface area contributed by atoms with Crippen LogP contribution in [0.15, 0.2) is 54.9 Å². The first-order chi connectivity index (χ1) is 21.7. The summed E-state index contributed by atoms with van der Waals surface area (Å²) in [5.41, 5.74) is 2.76. The average Bonchev–Trinajstić information content (AvgIpc) is 3.72. The summed E-state index contributed by atoms with van der Waals surface area (Å²) in [5, 5.41) is 10.5. The van der Waals surface area contributed by atoms with E-state index in [9.17, 15) is 18.8 Å². The SMILES string of the molecule is COc1ccc(CN2CC(=O)NCCCc3ccc(F)c(c3)C(=O)N3CCC[C@H]3C(=O)N[C@H](C(C)C)C2)cc1Cn1cccn1. The van der Waals surface area contributed by atoms with Crippen molar-refractivity contribution in [2.75, 3.05) is 33.3 Å². The standard InChI is InChI=1S/C34H43FN6O4/c1-23(2)29-21-39(19-25-10-12-31(45-3)26(17-25)20-40-15-6-14-37-40)22-32(42)36-13-4-7-24-9-11-28(35)27(18-24)34(44)41-16-5-8-30(41)33(43)38-29/h6,9-12,14-15,17-18,23,29-30H,4-5,7-8,13,16,19-22H2,1-3H3,(H,36,42)(H,38,43)/t29-,30-/m0/s1. The lowest BCUT2D eigenvalue weighted by Crippen LogP contribution is -2.53. The van der Waals surface area contributed by atoms with E-state index in [-0.39, 0.29) is 35.9 Å². The molecular weight excluding hydrogens is 575 g/mol. The van der Waals surface area contributed by atoms with E-state index in [0.717, 1.165) is 22.4 Å². The molecule has 2 bridgehead atoms. The first-order valence-corrected chi connectivity index (χ1v) is 15.7. The second-order valence-corrected chi connectivity index (χ2v) is 12.3. The van der Waals surface area contributed by atoms with Crippen LogP contribution in [0.2, 0.25) is 0 Å². The van der Waals surface area contributed by atoms with Crippen LogP contribution in [0.25, 0.3) is 0 Å². The molecule has 3 heterocycles. The minimum absolute atomic E-state index is 0.0152. The monoisotopic (exact) mass is 618 g/mol. The fourth-order valence-electron chi connectivity index (χ4n) is 6.15. The second-order valence-electron chi connectivity index (χ2n) is 12.3. The van der Waals surface area contributed by atoms with Crippen molar-refractivity contribution in [3.8, 4) is 5.75 Å². The Morgan fingerprint density at radius 3 is 2.69 bits per heavy atom. The van der Waals surface area contributed by atoms with Crippen LogP contribution in [0.1, 0.15) is 60.2 Å². The average molecular weight is 619 g/mol. The first kappa shape index (κ1) is 32.2. The molecule has 10 nitrogen and oxygen atoms in total. The summed E-state index contributed by atoms with van der Waals surface area (Å²) in [6.45, 7) is 6.49. The highest BCUT2D eigenvalue weighted by molar-refractivity contribution is 5.98. The molecule has 240 valence electrons. The highest BCUT2D eigenvalue weighted by Crippen LogP contribution is 2.25. The third-order valence-electron chi connectivity index (χ3n) is 8.64. The van der Waals surface area contributed by atoms with Crippen LogP contribution in [0.3, 0.4) is 0 Å². The van der Waals surface area contributed by atoms with Gasteiger partial charge in [-0.1, -0.05) is 26.0 Å². The summed E-state index contributed by atoms with van der Waals surface area (Å²) < 4.78 is 22.3. The topological polar surface area (TPSA) is 109 Å². The summed E-state index contributed by atoms with van der Waals surface area (Å²) >= 11 is 0. The number of hydrogen-bond donors (Lipinski definition) is 2. The molecule has 5 rings (SSSR count). The smallest absolute Gasteiger partial charge is 0.257 e. The summed E-state index contributed by atoms with van der Waals surface area (Å²) in [6, 6.07) is 11.5. The molecule has 1 aromatic heterocycles. The van der Waals surface area contributed by atoms with Crippen LogP contribution in [-0.2, 0) is 29.1 Å². The number of aryl methyl sites for hydroxylation is 1. The third-order valence-corrected chi connectivity index (χ3v) is 8.64. The molecule has 0 radical (unpaired) electrons. The molecule has 1 fully saturated rings. The molecule has 1 saturated heterocycles. The molecule has 0 aliphatic carbocycles. The number of benzene rings is 2. The maximum atomic E-state index is 14.8. The van der Waals surface area contributed by atoms with E-state index < -0.39 is 17.8 Å². The summed E-state index contributed by atoms with van der Waals surface area (Å²) in [6.07, 6.45) is 6.03. The second kappa shape index (κ2) is 14.7. The molecule has 3 amide bonds. The van der Waals surface area contributed by atoms with Gasteiger partial charge in [0, 0.05) is 50.2 Å². The van der Waals surface area contributed by atoms with Crippen LogP contribution < -0.4 is 15.4 Å². The summed E-state index contributed by atoms with van der Waals surface area (Å²) in [7, 11) is 1.64. The van der Waals surface area contributed by atoms with Crippen molar-refractivity contribution in [3.05, 3.63) is 82.9 Å². The molecule has 2 aliphatic heterocycles. The minimum atomic E-state index is -0.680. The third kappa shape index (κ3) is 8.08. The van der Waals surface area contributed by atoms with Gasteiger partial charge in [-0.25, -0.2) is 4.39 Å². The van der Waals surface area contributed by atoms with Crippen LogP contribution >= 0.6 is 0 Å². The van der Waals surface area contributed by atoms with Crippen molar-refractivity contribution in [2.45, 2.75) is 64.7 Å². The maximum Gasteiger partial charge on any atom is 0.257 e. The van der Waals surface area contributed by atoms with Crippen molar-refractivity contribution in [1.29, 1.82) is 0 Å². The zero-order valence-corrected chi connectivity index (χ0v) is 26.3. The fourth-order valence-corrected chi connectivity index (χ4v) is 6.15. The number of amides is 3. The van der Waals surface area contributed by atoms with Crippen LogP contribution in [0, 0.1) is 11.7 Å². The van der Waals surface area contributed by atoms with E-state index in [1.165, 1.54) is 11.0 Å². The largest absolute Gasteiger partial charge is 0.496 e. The van der Waals surface area contributed by atoms with Crippen molar-refractivity contribution >= 4 is 17.7 Å². The molecule has 3 aromatic rings. The highest BCUT2D eigenvalue weighted by atomic mass is 19.1. The molecule has 0 unspecified atom stereocenters. The Balaban J connectivity index is 1.41. The van der Waals surface area contributed by atoms with Gasteiger partial charge in [-0.3, -0.25) is 24.0 Å². The van der Waals surface area contributed by atoms with Gasteiger partial charge >= 0.3 is 0 Å². The Bertz CT molecular complexity index is 1490. The molecular formula is C34H43FN6O4. The van der Waals surface area contributed by atoms with E-state index in [1.54, 1.807) is 25.4 Å². The Hall–Kier alpha value is -4.25. The maximum absolute atomic E-state index is 14.8. The van der Waals surface area contributed by atoms with Gasteiger partial charge in [-0.15, -0.1) is 0 Å². The Kier molecular flexibility index (Phi) is 10.5. The number of hydrogen-bond acceptors (Lipinski definition) is 6. The van der Waals surface area contributed by atoms with E-state index in [4.69, 9.17) is 4.74 Å². The lowest BCUT2D eigenvalue weighted by Gasteiger charge is -2.32. The Morgan fingerprint density at radius 2 is 1.93 bits per heavy atom. The fraction of sp³-hybridized carbons (Fsp3) is 0.471. The number of carbonyl (C=O) groups excluding carboxylic acids is 3. The van der Waals surface area contributed by atoms with Gasteiger partial charge in [0.05, 0.1) is 25.8 Å². The first-order valence-electron chi connectivity index (χ1n) is 15.7. The van der Waals surface area contributed by atoms with E-state index in [1.807, 2.05) is 47.8 Å². The molecule has 45 heavy (non-hydrogen) atoms. The molecule has 2 N–H and O–H groups in total. The van der Waals surface area contributed by atoms with Crippen molar-refractivity contribution < 1.29 is 23.5 Å². The summed E-state index contributed by atoms with van der Waals surface area (Å²) in [5.74, 6) is -0.622. The molecule has 0 spiro atoms. The number of halogens is 1. The van der Waals surface area contributed by atoms with Crippen molar-refractivity contribution in [3.63, 3.8) is 0 Å².